The van der Waals surface area contributed by atoms with Gasteiger partial charge in [0, 0.05) is 16.7 Å². The van der Waals surface area contributed by atoms with Crippen molar-refractivity contribution in [1.29, 1.82) is 0 Å². The Hall–Kier alpha value is -2.13. The van der Waals surface area contributed by atoms with E-state index in [1.54, 1.807) is 6.08 Å². The summed E-state index contributed by atoms with van der Waals surface area (Å²) in [5.74, 6) is 0.593. The van der Waals surface area contributed by atoms with Gasteiger partial charge in [-0.15, -0.1) is 0 Å². The minimum Gasteiger partial charge on any atom is -0.328 e. The molecule has 3 aromatic rings. The third-order valence-electron chi connectivity index (χ3n) is 3.77. The lowest BCUT2D eigenvalue weighted by molar-refractivity contribution is -0.115. The number of benzene rings is 2. The summed E-state index contributed by atoms with van der Waals surface area (Å²) >= 11 is 3.57. The first-order valence-electron chi connectivity index (χ1n) is 7.57. The lowest BCUT2D eigenvalue weighted by Gasteiger charge is -1.97. The first-order chi connectivity index (χ1) is 12.1. The molecular formula is C18H13IN4OS. The number of thioether (sulfide) groups is 1. The Labute approximate surface area is 162 Å². The number of para-hydroxylation sites is 2. The van der Waals surface area contributed by atoms with Gasteiger partial charge in [0.25, 0.3) is 5.91 Å². The molecule has 1 aliphatic rings. The van der Waals surface area contributed by atoms with Crippen molar-refractivity contribution in [2.75, 3.05) is 0 Å². The molecule has 1 aliphatic heterocycles. The number of nitrogens with zero attached hydrogens (tertiary/aromatic N) is 3. The molecule has 0 aliphatic carbocycles. The first-order valence-corrected chi connectivity index (χ1v) is 9.46. The van der Waals surface area contributed by atoms with Crippen molar-refractivity contribution in [1.82, 2.24) is 14.9 Å². The number of aliphatic imine (C=N–C) groups is 1. The Bertz CT molecular complexity index is 1050. The Morgan fingerprint density at radius 2 is 2.08 bits per heavy atom. The topological polar surface area (TPSA) is 59.3 Å². The van der Waals surface area contributed by atoms with Crippen LogP contribution in [-0.4, -0.2) is 20.6 Å². The summed E-state index contributed by atoms with van der Waals surface area (Å²) in [7, 11) is 1.94. The number of aryl methyl sites for hydroxylation is 1. The predicted octanol–water partition coefficient (Wildman–Crippen LogP) is 4.07. The molecule has 1 N–H and O–H groups in total. The molecular weight excluding hydrogens is 447 g/mol. The van der Waals surface area contributed by atoms with Crippen molar-refractivity contribution in [3.8, 4) is 0 Å². The summed E-state index contributed by atoms with van der Waals surface area (Å²) in [6.07, 6.45) is 1.80. The van der Waals surface area contributed by atoms with Crippen LogP contribution in [0.5, 0.6) is 0 Å². The molecule has 0 unspecified atom stereocenters. The fourth-order valence-corrected chi connectivity index (χ4v) is 3.89. The second kappa shape index (κ2) is 6.64. The molecule has 124 valence electrons. The monoisotopic (exact) mass is 460 g/mol. The molecule has 0 bridgehead atoms. The van der Waals surface area contributed by atoms with Gasteiger partial charge >= 0.3 is 0 Å². The van der Waals surface area contributed by atoms with Crippen molar-refractivity contribution in [3.05, 3.63) is 62.8 Å². The standard InChI is InChI=1S/C18H13IN4OS/c1-23-14-8-3-2-7-13(14)21-16(23)10-15-17(24)22-18(25-15)20-12-6-4-5-11(19)9-12/h2-10H,1H3,(H,20,22,24)/b15-10+. The summed E-state index contributed by atoms with van der Waals surface area (Å²) < 4.78 is 3.08. The minimum atomic E-state index is -0.151. The van der Waals surface area contributed by atoms with Gasteiger partial charge in [-0.2, -0.15) is 0 Å². The molecule has 2 heterocycles. The minimum absolute atomic E-state index is 0.151. The van der Waals surface area contributed by atoms with E-state index in [1.807, 2.05) is 60.1 Å². The number of imidazole rings is 1. The smallest absolute Gasteiger partial charge is 0.264 e. The predicted molar refractivity (Wildman–Crippen MR) is 111 cm³/mol. The Balaban J connectivity index is 1.65. The van der Waals surface area contributed by atoms with E-state index >= 15 is 0 Å². The molecule has 0 atom stereocenters. The van der Waals surface area contributed by atoms with Crippen LogP contribution in [0.25, 0.3) is 17.1 Å². The van der Waals surface area contributed by atoms with Gasteiger partial charge in [-0.25, -0.2) is 9.98 Å². The maximum atomic E-state index is 12.3. The van der Waals surface area contributed by atoms with E-state index in [-0.39, 0.29) is 5.91 Å². The number of rotatable bonds is 2. The number of nitrogens with one attached hydrogen (secondary N) is 1. The second-order valence-corrected chi connectivity index (χ2v) is 7.76. The largest absolute Gasteiger partial charge is 0.328 e. The number of hydrogen-bond donors (Lipinski definition) is 1. The lowest BCUT2D eigenvalue weighted by Crippen LogP contribution is -2.19. The molecule has 0 spiro atoms. The van der Waals surface area contributed by atoms with Crippen molar-refractivity contribution in [2.45, 2.75) is 0 Å². The zero-order chi connectivity index (χ0) is 17.4. The number of amidine groups is 1. The van der Waals surface area contributed by atoms with Crippen LogP contribution in [0.2, 0.25) is 0 Å². The molecule has 7 heteroatoms. The molecule has 1 saturated heterocycles. The Morgan fingerprint density at radius 3 is 2.88 bits per heavy atom. The van der Waals surface area contributed by atoms with Crippen LogP contribution in [0.4, 0.5) is 5.69 Å². The molecule has 1 aromatic heterocycles. The number of aromatic nitrogens is 2. The van der Waals surface area contributed by atoms with E-state index in [1.165, 1.54) is 11.8 Å². The maximum absolute atomic E-state index is 12.3. The number of carbonyl (C=O) groups excluding carboxylic acids is 1. The summed E-state index contributed by atoms with van der Waals surface area (Å²) in [4.78, 5) is 21.9. The third kappa shape index (κ3) is 3.34. The third-order valence-corrected chi connectivity index (χ3v) is 5.35. The van der Waals surface area contributed by atoms with Crippen LogP contribution in [0, 0.1) is 3.57 Å². The SMILES string of the molecule is Cn1c(/C=C2/SC(=Nc3cccc(I)c3)NC2=O)nc2ccccc21. The van der Waals surface area contributed by atoms with Gasteiger partial charge in [0.1, 0.15) is 5.82 Å². The van der Waals surface area contributed by atoms with Crippen LogP contribution in [0.1, 0.15) is 5.82 Å². The lowest BCUT2D eigenvalue weighted by atomic mass is 10.3. The zero-order valence-corrected chi connectivity index (χ0v) is 16.2. The molecule has 5 nitrogen and oxygen atoms in total. The van der Waals surface area contributed by atoms with E-state index in [2.05, 4.69) is 37.9 Å². The van der Waals surface area contributed by atoms with Gasteiger partial charge in [-0.1, -0.05) is 18.2 Å². The van der Waals surface area contributed by atoms with Crippen LogP contribution in [-0.2, 0) is 11.8 Å². The van der Waals surface area contributed by atoms with Crippen molar-refractivity contribution in [2.24, 2.45) is 12.0 Å². The quantitative estimate of drug-likeness (QED) is 0.464. The molecule has 2 aromatic carbocycles. The number of carbonyl (C=O) groups is 1. The summed E-state index contributed by atoms with van der Waals surface area (Å²) in [6, 6.07) is 15.7. The zero-order valence-electron chi connectivity index (χ0n) is 13.2. The average Bonchev–Trinajstić information content (AvgIpc) is 3.09. The highest BCUT2D eigenvalue weighted by Crippen LogP contribution is 2.28. The van der Waals surface area contributed by atoms with Gasteiger partial charge in [-0.05, 0) is 64.7 Å². The number of amides is 1. The number of halogens is 1. The van der Waals surface area contributed by atoms with Crippen molar-refractivity contribution < 1.29 is 4.79 Å². The number of fused-ring (bicyclic) bond motifs is 1. The normalized spacial score (nSPS) is 17.6. The van der Waals surface area contributed by atoms with Crippen molar-refractivity contribution >= 4 is 68.2 Å². The fourth-order valence-electron chi connectivity index (χ4n) is 2.55. The van der Waals surface area contributed by atoms with Gasteiger partial charge in [-0.3, -0.25) is 4.79 Å². The number of hydrogen-bond acceptors (Lipinski definition) is 4. The van der Waals surface area contributed by atoms with Gasteiger partial charge in [0.15, 0.2) is 5.17 Å². The van der Waals surface area contributed by atoms with E-state index in [0.29, 0.717) is 10.1 Å². The van der Waals surface area contributed by atoms with E-state index < -0.39 is 0 Å². The second-order valence-electron chi connectivity index (χ2n) is 5.48. The van der Waals surface area contributed by atoms with E-state index in [4.69, 9.17) is 0 Å². The highest BCUT2D eigenvalue weighted by Gasteiger charge is 2.24. The molecule has 1 fully saturated rings. The molecule has 4 rings (SSSR count). The van der Waals surface area contributed by atoms with Gasteiger partial charge in [0.2, 0.25) is 0 Å². The molecule has 1 amide bonds. The van der Waals surface area contributed by atoms with Gasteiger partial charge in [0.05, 0.1) is 21.6 Å². The Kier molecular flexibility index (Phi) is 4.34. The van der Waals surface area contributed by atoms with Crippen LogP contribution < -0.4 is 5.32 Å². The molecule has 0 radical (unpaired) electrons. The summed E-state index contributed by atoms with van der Waals surface area (Å²) in [5.41, 5.74) is 2.76. The summed E-state index contributed by atoms with van der Waals surface area (Å²) in [6.45, 7) is 0. The fraction of sp³-hybridized carbons (Fsp3) is 0.0556. The van der Waals surface area contributed by atoms with E-state index in [0.717, 1.165) is 26.1 Å². The van der Waals surface area contributed by atoms with Crippen LogP contribution >= 0.6 is 34.4 Å². The Morgan fingerprint density at radius 1 is 1.24 bits per heavy atom. The van der Waals surface area contributed by atoms with E-state index in [9.17, 15) is 4.79 Å². The summed E-state index contributed by atoms with van der Waals surface area (Å²) in [5, 5.41) is 3.39. The molecule has 25 heavy (non-hydrogen) atoms. The average molecular weight is 460 g/mol. The van der Waals surface area contributed by atoms with Crippen molar-refractivity contribution in [3.63, 3.8) is 0 Å². The highest BCUT2D eigenvalue weighted by molar-refractivity contribution is 14.1. The highest BCUT2D eigenvalue weighted by atomic mass is 127. The van der Waals surface area contributed by atoms with Crippen LogP contribution in [0.3, 0.4) is 0 Å². The maximum Gasteiger partial charge on any atom is 0.264 e. The van der Waals surface area contributed by atoms with Crippen LogP contribution in [0.15, 0.2) is 58.4 Å². The first kappa shape index (κ1) is 16.3. The molecule has 0 saturated carbocycles. The van der Waals surface area contributed by atoms with Gasteiger partial charge < -0.3 is 9.88 Å².